The molecular formula is C17H18ClNO4. The topological polar surface area (TPSA) is 63.7 Å². The van der Waals surface area contributed by atoms with Crippen LogP contribution < -0.4 is 4.74 Å². The number of rotatable bonds is 3. The molecule has 1 aromatic carbocycles. The van der Waals surface area contributed by atoms with E-state index < -0.39 is 5.97 Å². The molecular weight excluding hydrogens is 318 g/mol. The van der Waals surface area contributed by atoms with Gasteiger partial charge in [0.05, 0.1) is 11.8 Å². The van der Waals surface area contributed by atoms with Crippen LogP contribution in [0.3, 0.4) is 0 Å². The first-order valence-electron chi connectivity index (χ1n) is 7.79. The number of benzene rings is 1. The fourth-order valence-electron chi connectivity index (χ4n) is 3.40. The van der Waals surface area contributed by atoms with Gasteiger partial charge in [-0.2, -0.15) is 0 Å². The molecule has 0 aromatic heterocycles. The molecule has 2 fully saturated rings. The molecule has 1 saturated heterocycles. The van der Waals surface area contributed by atoms with Gasteiger partial charge in [0.15, 0.2) is 0 Å². The smallest absolute Gasteiger partial charge is 0.331 e. The molecule has 0 N–H and O–H groups in total. The first-order chi connectivity index (χ1) is 11.0. The van der Waals surface area contributed by atoms with Crippen molar-refractivity contribution in [1.29, 1.82) is 0 Å². The van der Waals surface area contributed by atoms with Gasteiger partial charge in [-0.05, 0) is 43.5 Å². The molecule has 0 bridgehead atoms. The van der Waals surface area contributed by atoms with Crippen LogP contribution in [0.2, 0.25) is 5.02 Å². The molecule has 1 saturated carbocycles. The summed E-state index contributed by atoms with van der Waals surface area (Å²) in [6.07, 6.45) is 3.39. The van der Waals surface area contributed by atoms with Crippen molar-refractivity contribution in [2.45, 2.75) is 32.6 Å². The molecule has 1 heterocycles. The summed E-state index contributed by atoms with van der Waals surface area (Å²) in [5.41, 5.74) is 0.721. The number of fused-ring (bicyclic) bond motifs is 1. The molecule has 1 aliphatic heterocycles. The van der Waals surface area contributed by atoms with Crippen LogP contribution in [-0.4, -0.2) is 29.2 Å². The molecule has 1 aromatic rings. The fraction of sp³-hybridized carbons (Fsp3) is 0.471. The summed E-state index contributed by atoms with van der Waals surface area (Å²) in [4.78, 5) is 37.8. The van der Waals surface area contributed by atoms with E-state index in [1.165, 1.54) is 0 Å². The number of ether oxygens (including phenoxy) is 1. The van der Waals surface area contributed by atoms with Crippen LogP contribution in [0.5, 0.6) is 5.75 Å². The van der Waals surface area contributed by atoms with Gasteiger partial charge in [0.1, 0.15) is 12.3 Å². The number of halogens is 1. The van der Waals surface area contributed by atoms with E-state index in [9.17, 15) is 14.4 Å². The average molecular weight is 336 g/mol. The number of aryl methyl sites for hydroxylation is 1. The zero-order valence-electron chi connectivity index (χ0n) is 12.9. The fourth-order valence-corrected chi connectivity index (χ4v) is 3.62. The Kier molecular flexibility index (Phi) is 4.39. The van der Waals surface area contributed by atoms with Crippen molar-refractivity contribution in [1.82, 2.24) is 4.90 Å². The highest BCUT2D eigenvalue weighted by molar-refractivity contribution is 6.30. The Morgan fingerprint density at radius 2 is 1.83 bits per heavy atom. The van der Waals surface area contributed by atoms with Crippen LogP contribution in [0.25, 0.3) is 0 Å². The number of carbonyl (C=O) groups is 3. The number of esters is 1. The van der Waals surface area contributed by atoms with Gasteiger partial charge in [0.2, 0.25) is 11.8 Å². The molecule has 2 atom stereocenters. The maximum absolute atomic E-state index is 12.3. The molecule has 23 heavy (non-hydrogen) atoms. The number of likely N-dealkylation sites (tertiary alicyclic amines) is 1. The van der Waals surface area contributed by atoms with Crippen molar-refractivity contribution >= 4 is 29.4 Å². The molecule has 122 valence electrons. The van der Waals surface area contributed by atoms with Crippen LogP contribution in [0.4, 0.5) is 0 Å². The Morgan fingerprint density at radius 3 is 2.39 bits per heavy atom. The van der Waals surface area contributed by atoms with Gasteiger partial charge in [-0.3, -0.25) is 14.5 Å². The van der Waals surface area contributed by atoms with Crippen molar-refractivity contribution in [2.24, 2.45) is 11.8 Å². The van der Waals surface area contributed by atoms with Gasteiger partial charge < -0.3 is 4.74 Å². The second-order valence-corrected chi connectivity index (χ2v) is 6.58. The highest BCUT2D eigenvalue weighted by atomic mass is 35.5. The molecule has 0 radical (unpaired) electrons. The molecule has 0 spiro atoms. The van der Waals surface area contributed by atoms with Gasteiger partial charge >= 0.3 is 5.97 Å². The number of carbonyl (C=O) groups excluding carboxylic acids is 3. The van der Waals surface area contributed by atoms with Crippen molar-refractivity contribution in [3.05, 3.63) is 28.8 Å². The summed E-state index contributed by atoms with van der Waals surface area (Å²) >= 11 is 5.86. The predicted molar refractivity (Wildman–Crippen MR) is 84.0 cm³/mol. The molecule has 3 rings (SSSR count). The lowest BCUT2D eigenvalue weighted by Crippen LogP contribution is -2.37. The van der Waals surface area contributed by atoms with E-state index in [4.69, 9.17) is 16.3 Å². The number of nitrogens with zero attached hydrogens (tertiary/aromatic N) is 1. The third kappa shape index (κ3) is 3.11. The van der Waals surface area contributed by atoms with Crippen molar-refractivity contribution < 1.29 is 19.1 Å². The van der Waals surface area contributed by atoms with Crippen LogP contribution in [0.1, 0.15) is 31.2 Å². The zero-order chi connectivity index (χ0) is 16.6. The lowest BCUT2D eigenvalue weighted by atomic mass is 9.81. The Balaban J connectivity index is 1.68. The molecule has 1 aliphatic carbocycles. The summed E-state index contributed by atoms with van der Waals surface area (Å²) in [5, 5.41) is 0.552. The third-order valence-corrected chi connectivity index (χ3v) is 4.82. The number of hydrogen-bond acceptors (Lipinski definition) is 4. The van der Waals surface area contributed by atoms with Gasteiger partial charge in [0, 0.05) is 5.02 Å². The number of hydrogen-bond donors (Lipinski definition) is 0. The monoisotopic (exact) mass is 335 g/mol. The van der Waals surface area contributed by atoms with Crippen molar-refractivity contribution in [3.63, 3.8) is 0 Å². The van der Waals surface area contributed by atoms with E-state index in [1.807, 2.05) is 0 Å². The largest absolute Gasteiger partial charge is 0.425 e. The molecule has 2 unspecified atom stereocenters. The van der Waals surface area contributed by atoms with Crippen molar-refractivity contribution in [2.75, 3.05) is 6.54 Å². The first kappa shape index (κ1) is 16.0. The minimum Gasteiger partial charge on any atom is -0.425 e. The number of amides is 2. The van der Waals surface area contributed by atoms with Gasteiger partial charge in [-0.25, -0.2) is 4.79 Å². The predicted octanol–water partition coefficient (Wildman–Crippen LogP) is 2.73. The minimum absolute atomic E-state index is 0.232. The lowest BCUT2D eigenvalue weighted by molar-refractivity contribution is -0.148. The maximum Gasteiger partial charge on any atom is 0.331 e. The van der Waals surface area contributed by atoms with E-state index in [0.717, 1.165) is 36.1 Å². The minimum atomic E-state index is -0.615. The normalized spacial score (nSPS) is 23.8. The van der Waals surface area contributed by atoms with Crippen molar-refractivity contribution in [3.8, 4) is 5.75 Å². The summed E-state index contributed by atoms with van der Waals surface area (Å²) in [6, 6.07) is 4.91. The van der Waals surface area contributed by atoms with Gasteiger partial charge in [-0.1, -0.05) is 24.4 Å². The Bertz CT molecular complexity index is 649. The first-order valence-corrected chi connectivity index (χ1v) is 8.17. The molecule has 6 heteroatoms. The lowest BCUT2D eigenvalue weighted by Gasteiger charge is -2.19. The van der Waals surface area contributed by atoms with Gasteiger partial charge in [0.25, 0.3) is 0 Å². The van der Waals surface area contributed by atoms with E-state index in [0.29, 0.717) is 10.8 Å². The maximum atomic E-state index is 12.3. The third-order valence-electron chi connectivity index (χ3n) is 4.58. The Labute approximate surface area is 139 Å². The standard InChI is InChI=1S/C17H18ClNO4/c1-10-8-11(18)6-7-14(10)23-15(20)9-19-16(21)12-4-2-3-5-13(12)17(19)22/h6-8,12-13H,2-5,9H2,1H3. The zero-order valence-corrected chi connectivity index (χ0v) is 13.6. The second kappa shape index (κ2) is 6.32. The average Bonchev–Trinajstić information content (AvgIpc) is 2.76. The van der Waals surface area contributed by atoms with Crippen LogP contribution in [0, 0.1) is 18.8 Å². The molecule has 2 aliphatic rings. The van der Waals surface area contributed by atoms with E-state index >= 15 is 0 Å². The Morgan fingerprint density at radius 1 is 1.22 bits per heavy atom. The van der Waals surface area contributed by atoms with E-state index in [2.05, 4.69) is 0 Å². The van der Waals surface area contributed by atoms with Gasteiger partial charge in [-0.15, -0.1) is 0 Å². The molecule has 5 nitrogen and oxygen atoms in total. The highest BCUT2D eigenvalue weighted by Crippen LogP contribution is 2.37. The SMILES string of the molecule is Cc1cc(Cl)ccc1OC(=O)CN1C(=O)C2CCCCC2C1=O. The summed E-state index contributed by atoms with van der Waals surface area (Å²) in [6.45, 7) is 1.45. The molecule has 2 amide bonds. The van der Waals surface area contributed by atoms with E-state index in [-0.39, 0.29) is 30.2 Å². The Hall–Kier alpha value is -1.88. The summed E-state index contributed by atoms with van der Waals surface area (Å²) in [7, 11) is 0. The quantitative estimate of drug-likeness (QED) is 0.484. The summed E-state index contributed by atoms with van der Waals surface area (Å²) < 4.78 is 5.27. The summed E-state index contributed by atoms with van der Waals surface area (Å²) in [5.74, 6) is -1.19. The second-order valence-electron chi connectivity index (χ2n) is 6.14. The van der Waals surface area contributed by atoms with Crippen LogP contribution >= 0.6 is 11.6 Å². The van der Waals surface area contributed by atoms with E-state index in [1.54, 1.807) is 25.1 Å². The highest BCUT2D eigenvalue weighted by Gasteiger charge is 2.48. The number of imide groups is 1. The van der Waals surface area contributed by atoms with Crippen LogP contribution in [0.15, 0.2) is 18.2 Å². The van der Waals surface area contributed by atoms with Crippen LogP contribution in [-0.2, 0) is 14.4 Å².